The summed E-state index contributed by atoms with van der Waals surface area (Å²) in [5.41, 5.74) is 1.48. The summed E-state index contributed by atoms with van der Waals surface area (Å²) in [6.45, 7) is 1.91. The maximum Gasteiger partial charge on any atom is 0.274 e. The third kappa shape index (κ3) is 4.23. The van der Waals surface area contributed by atoms with Gasteiger partial charge < -0.3 is 5.32 Å². The summed E-state index contributed by atoms with van der Waals surface area (Å²) >= 11 is 0. The summed E-state index contributed by atoms with van der Waals surface area (Å²) in [6.07, 6.45) is 4.19. The summed E-state index contributed by atoms with van der Waals surface area (Å²) in [7, 11) is -3.82. The van der Waals surface area contributed by atoms with Crippen molar-refractivity contribution in [3.05, 3.63) is 36.3 Å². The van der Waals surface area contributed by atoms with Gasteiger partial charge in [0, 0.05) is 5.39 Å². The molecule has 0 radical (unpaired) electrons. The second-order valence-corrected chi connectivity index (χ2v) is 7.25. The second kappa shape index (κ2) is 6.88. The lowest BCUT2D eigenvalue weighted by Gasteiger charge is -2.27. The van der Waals surface area contributed by atoms with Gasteiger partial charge in [-0.2, -0.15) is 13.1 Å². The Morgan fingerprint density at radius 2 is 2.00 bits per heavy atom. The lowest BCUT2D eigenvalue weighted by Crippen LogP contribution is -2.37. The molecule has 1 aliphatic rings. The number of nitrogens with zero attached hydrogens (tertiary/aromatic N) is 2. The Bertz CT molecular complexity index is 769. The molecule has 124 valence electrons. The number of aromatic nitrogens is 2. The largest absolute Gasteiger partial charge is 0.317 e. The smallest absolute Gasteiger partial charge is 0.274 e. The molecule has 0 spiro atoms. The van der Waals surface area contributed by atoms with Gasteiger partial charge in [0.05, 0.1) is 17.3 Å². The van der Waals surface area contributed by atoms with E-state index in [9.17, 15) is 8.42 Å². The first kappa shape index (κ1) is 16.3. The predicted octanol–water partition coefficient (Wildman–Crippen LogP) is 0.854. The van der Waals surface area contributed by atoms with Gasteiger partial charge in [0.1, 0.15) is 6.33 Å². The van der Waals surface area contributed by atoms with Crippen LogP contribution in [0.2, 0.25) is 0 Å². The van der Waals surface area contributed by atoms with Crippen LogP contribution in [0.15, 0.2) is 30.6 Å². The molecule has 23 heavy (non-hydrogen) atoms. The topological polar surface area (TPSA) is 110 Å². The summed E-state index contributed by atoms with van der Waals surface area (Å²) in [6, 6.07) is 7.15. The van der Waals surface area contributed by atoms with Crippen LogP contribution in [-0.2, 0) is 10.2 Å². The third-order valence-corrected chi connectivity index (χ3v) is 4.85. The maximum absolute atomic E-state index is 11.6. The first-order chi connectivity index (χ1) is 11.0. The van der Waals surface area contributed by atoms with Gasteiger partial charge in [0.2, 0.25) is 0 Å². The van der Waals surface area contributed by atoms with Crippen LogP contribution in [0.3, 0.4) is 0 Å². The van der Waals surface area contributed by atoms with E-state index >= 15 is 0 Å². The number of hydrogen-bond donors (Lipinski definition) is 3. The van der Waals surface area contributed by atoms with E-state index in [0.717, 1.165) is 36.8 Å². The highest BCUT2D eigenvalue weighted by Crippen LogP contribution is 2.29. The third-order valence-electron chi connectivity index (χ3n) is 4.24. The van der Waals surface area contributed by atoms with Gasteiger partial charge in [-0.3, -0.25) is 0 Å². The summed E-state index contributed by atoms with van der Waals surface area (Å²) in [5.74, 6) is 0.434. The Hall–Kier alpha value is -1.61. The molecular formula is C15H21N5O2S. The molecule has 1 aliphatic heterocycles. The number of nitrogens with one attached hydrogen (secondary N) is 2. The molecule has 0 aliphatic carbocycles. The van der Waals surface area contributed by atoms with E-state index in [1.54, 1.807) is 0 Å². The number of rotatable bonds is 5. The van der Waals surface area contributed by atoms with Crippen LogP contribution >= 0.6 is 0 Å². The van der Waals surface area contributed by atoms with Crippen molar-refractivity contribution in [3.63, 3.8) is 0 Å². The van der Waals surface area contributed by atoms with E-state index in [4.69, 9.17) is 5.14 Å². The Kier molecular flexibility index (Phi) is 4.86. The molecule has 0 saturated carbocycles. The van der Waals surface area contributed by atoms with E-state index in [0.29, 0.717) is 18.0 Å². The quantitative estimate of drug-likeness (QED) is 0.750. The predicted molar refractivity (Wildman–Crippen MR) is 88.7 cm³/mol. The molecule has 1 saturated heterocycles. The highest BCUT2D eigenvalue weighted by molar-refractivity contribution is 7.87. The van der Waals surface area contributed by atoms with E-state index in [2.05, 4.69) is 20.0 Å². The van der Waals surface area contributed by atoms with Crippen LogP contribution in [-0.4, -0.2) is 31.5 Å². The first-order valence-electron chi connectivity index (χ1n) is 7.73. The number of nitrogens with two attached hydrogens (primary N) is 1. The van der Waals surface area contributed by atoms with Gasteiger partial charge in [0.25, 0.3) is 10.2 Å². The van der Waals surface area contributed by atoms with E-state index in [1.807, 2.05) is 24.3 Å². The lowest BCUT2D eigenvalue weighted by atomic mass is 9.89. The van der Waals surface area contributed by atoms with E-state index in [-0.39, 0.29) is 0 Å². The van der Waals surface area contributed by atoms with Crippen molar-refractivity contribution in [2.24, 2.45) is 11.1 Å². The Balaban J connectivity index is 1.95. The molecule has 1 aromatic heterocycles. The van der Waals surface area contributed by atoms with E-state index in [1.165, 1.54) is 6.33 Å². The fraction of sp³-hybridized carbons (Fsp3) is 0.467. The maximum atomic E-state index is 11.6. The van der Waals surface area contributed by atoms with Crippen molar-refractivity contribution in [2.75, 3.05) is 13.1 Å². The number of para-hydroxylation sites is 1. The van der Waals surface area contributed by atoms with Crippen molar-refractivity contribution in [2.45, 2.75) is 25.3 Å². The summed E-state index contributed by atoms with van der Waals surface area (Å²) in [5, 5.41) is 9.40. The fourth-order valence-corrected chi connectivity index (χ4v) is 3.77. The molecule has 3 rings (SSSR count). The van der Waals surface area contributed by atoms with Crippen molar-refractivity contribution in [3.8, 4) is 0 Å². The standard InChI is InChI=1S/C15H21N5O2S/c16-23(21,22)20-14(9-11-5-7-17-8-6-11)15-12-3-1-2-4-13(12)18-10-19-15/h1-4,10-11,14,17,20H,5-9H2,(H2,16,21,22). The minimum absolute atomic E-state index is 0.434. The van der Waals surface area contributed by atoms with Gasteiger partial charge >= 0.3 is 0 Å². The zero-order chi connectivity index (χ0) is 16.3. The zero-order valence-corrected chi connectivity index (χ0v) is 13.6. The van der Waals surface area contributed by atoms with Crippen molar-refractivity contribution in [1.82, 2.24) is 20.0 Å². The normalized spacial score (nSPS) is 18.1. The number of benzene rings is 1. The van der Waals surface area contributed by atoms with Crippen molar-refractivity contribution in [1.29, 1.82) is 0 Å². The monoisotopic (exact) mass is 335 g/mol. The fourth-order valence-electron chi connectivity index (χ4n) is 3.17. The molecule has 2 aromatic rings. The average Bonchev–Trinajstić information content (AvgIpc) is 2.53. The Morgan fingerprint density at radius 3 is 2.74 bits per heavy atom. The molecule has 1 aromatic carbocycles. The summed E-state index contributed by atoms with van der Waals surface area (Å²) < 4.78 is 25.8. The Labute approximate surface area is 135 Å². The number of hydrogen-bond acceptors (Lipinski definition) is 5. The van der Waals surface area contributed by atoms with E-state index < -0.39 is 16.3 Å². The molecule has 4 N–H and O–H groups in total. The summed E-state index contributed by atoms with van der Waals surface area (Å²) in [4.78, 5) is 8.59. The molecule has 1 fully saturated rings. The van der Waals surface area contributed by atoms with Gasteiger partial charge in [-0.15, -0.1) is 0 Å². The molecular weight excluding hydrogens is 314 g/mol. The van der Waals surface area contributed by atoms with Crippen molar-refractivity contribution >= 4 is 21.1 Å². The zero-order valence-electron chi connectivity index (χ0n) is 12.8. The van der Waals surface area contributed by atoms with Crippen LogP contribution in [0.1, 0.15) is 31.0 Å². The second-order valence-electron chi connectivity index (χ2n) is 5.92. The van der Waals surface area contributed by atoms with Crippen LogP contribution < -0.4 is 15.2 Å². The number of piperidine rings is 1. The lowest BCUT2D eigenvalue weighted by molar-refractivity contribution is 0.323. The van der Waals surface area contributed by atoms with Crippen molar-refractivity contribution < 1.29 is 8.42 Å². The molecule has 8 heteroatoms. The molecule has 1 atom stereocenters. The minimum atomic E-state index is -3.82. The van der Waals surface area contributed by atoms with Crippen LogP contribution in [0.5, 0.6) is 0 Å². The molecule has 0 amide bonds. The van der Waals surface area contributed by atoms with Gasteiger partial charge in [-0.1, -0.05) is 18.2 Å². The highest BCUT2D eigenvalue weighted by atomic mass is 32.2. The first-order valence-corrected chi connectivity index (χ1v) is 9.28. The average molecular weight is 335 g/mol. The molecule has 2 heterocycles. The van der Waals surface area contributed by atoms with Crippen LogP contribution in [0.25, 0.3) is 10.9 Å². The van der Waals surface area contributed by atoms with Crippen LogP contribution in [0, 0.1) is 5.92 Å². The SMILES string of the molecule is NS(=O)(=O)NC(CC1CCNCC1)c1ncnc2ccccc12. The molecule has 0 bridgehead atoms. The Morgan fingerprint density at radius 1 is 1.26 bits per heavy atom. The highest BCUT2D eigenvalue weighted by Gasteiger charge is 2.25. The van der Waals surface area contributed by atoms with Gasteiger partial charge in [0.15, 0.2) is 0 Å². The molecule has 7 nitrogen and oxygen atoms in total. The minimum Gasteiger partial charge on any atom is -0.317 e. The molecule has 1 unspecified atom stereocenters. The van der Waals surface area contributed by atoms with Gasteiger partial charge in [-0.25, -0.2) is 15.1 Å². The van der Waals surface area contributed by atoms with Gasteiger partial charge in [-0.05, 0) is 44.3 Å². The number of fused-ring (bicyclic) bond motifs is 1. The van der Waals surface area contributed by atoms with Crippen LogP contribution in [0.4, 0.5) is 0 Å².